The third kappa shape index (κ3) is 9.00. The quantitative estimate of drug-likeness (QED) is 0.281. The van der Waals surface area contributed by atoms with E-state index in [-0.39, 0.29) is 28.7 Å². The predicted molar refractivity (Wildman–Crippen MR) is 145 cm³/mol. The standard InChI is InChI=1S/C18H19F2N5O3.C5H10O.C3H5NO/c1-26-5-4-22-17-16-9(8-23-18(21)25-16)6-10(24-17)13-14(19)11(27-2)7-12(28-3)15(13)20;1-2-4-6-5-3-1;1-2-3(4)5/h6-8H,4-5H2,1-3H3,(H,22,24)(H2,21,23,25);1-5H2;2H,1H2,(H2,4,5). The molecule has 4 rings (SSSR count). The summed E-state index contributed by atoms with van der Waals surface area (Å²) in [5.41, 5.74) is 10.3. The third-order valence-electron chi connectivity index (χ3n) is 5.29. The number of rotatable bonds is 8. The van der Waals surface area contributed by atoms with Gasteiger partial charge < -0.3 is 35.7 Å². The number of pyridine rings is 1. The molecule has 0 atom stereocenters. The van der Waals surface area contributed by atoms with Crippen molar-refractivity contribution in [2.45, 2.75) is 19.3 Å². The molecule has 0 unspecified atom stereocenters. The molecule has 5 N–H and O–H groups in total. The third-order valence-corrected chi connectivity index (χ3v) is 5.29. The Kier molecular flexibility index (Phi) is 12.8. The molecule has 0 aliphatic carbocycles. The van der Waals surface area contributed by atoms with Gasteiger partial charge in [-0.05, 0) is 31.4 Å². The number of carbonyl (C=O) groups excluding carboxylic acids is 1. The molecule has 3 heterocycles. The van der Waals surface area contributed by atoms with Crippen molar-refractivity contribution in [1.82, 2.24) is 15.0 Å². The minimum Gasteiger partial charge on any atom is -0.494 e. The Morgan fingerprint density at radius 1 is 1.10 bits per heavy atom. The van der Waals surface area contributed by atoms with Crippen LogP contribution in [-0.2, 0) is 14.3 Å². The van der Waals surface area contributed by atoms with Crippen molar-refractivity contribution in [3.63, 3.8) is 0 Å². The van der Waals surface area contributed by atoms with E-state index in [1.165, 1.54) is 45.7 Å². The van der Waals surface area contributed by atoms with Crippen LogP contribution in [-0.4, -0.2) is 68.6 Å². The zero-order valence-corrected chi connectivity index (χ0v) is 22.3. The molecule has 212 valence electrons. The monoisotopic (exact) mass is 548 g/mol. The van der Waals surface area contributed by atoms with E-state index in [0.717, 1.165) is 25.4 Å². The number of hydrogen-bond acceptors (Lipinski definition) is 10. The molecule has 2 aromatic heterocycles. The van der Waals surface area contributed by atoms with E-state index < -0.39 is 17.5 Å². The molecular formula is C26H34F2N6O5. The largest absolute Gasteiger partial charge is 0.494 e. The summed E-state index contributed by atoms with van der Waals surface area (Å²) in [6, 6.07) is 2.60. The van der Waals surface area contributed by atoms with E-state index in [0.29, 0.717) is 29.9 Å². The normalized spacial score (nSPS) is 12.3. The van der Waals surface area contributed by atoms with Crippen LogP contribution >= 0.6 is 0 Å². The number of primary amides is 1. The molecule has 1 aliphatic heterocycles. The molecule has 1 aliphatic rings. The van der Waals surface area contributed by atoms with E-state index in [2.05, 4.69) is 32.6 Å². The zero-order valence-electron chi connectivity index (χ0n) is 22.3. The number of aromatic nitrogens is 3. The lowest BCUT2D eigenvalue weighted by Crippen LogP contribution is -2.11. The van der Waals surface area contributed by atoms with Crippen LogP contribution in [0.4, 0.5) is 20.5 Å². The highest BCUT2D eigenvalue weighted by Gasteiger charge is 2.24. The highest BCUT2D eigenvalue weighted by molar-refractivity contribution is 5.91. The van der Waals surface area contributed by atoms with Gasteiger partial charge in [0.1, 0.15) is 5.52 Å². The van der Waals surface area contributed by atoms with Gasteiger partial charge in [-0.2, -0.15) is 0 Å². The summed E-state index contributed by atoms with van der Waals surface area (Å²) in [5.74, 6) is -2.27. The molecule has 0 radical (unpaired) electrons. The van der Waals surface area contributed by atoms with Crippen molar-refractivity contribution >= 4 is 28.6 Å². The molecule has 11 nitrogen and oxygen atoms in total. The first-order chi connectivity index (χ1) is 18.8. The predicted octanol–water partition coefficient (Wildman–Crippen LogP) is 3.47. The van der Waals surface area contributed by atoms with Crippen molar-refractivity contribution in [3.8, 4) is 22.8 Å². The van der Waals surface area contributed by atoms with E-state index in [1.807, 2.05) is 0 Å². The van der Waals surface area contributed by atoms with Crippen LogP contribution in [0.2, 0.25) is 0 Å². The average Bonchev–Trinajstić information content (AvgIpc) is 2.95. The number of ether oxygens (including phenoxy) is 4. The van der Waals surface area contributed by atoms with Crippen LogP contribution < -0.4 is 26.3 Å². The second-order valence-electron chi connectivity index (χ2n) is 8.01. The first-order valence-corrected chi connectivity index (χ1v) is 12.0. The molecule has 1 amide bonds. The first kappa shape index (κ1) is 31.1. The van der Waals surface area contributed by atoms with Crippen LogP contribution in [0.15, 0.2) is 31.0 Å². The number of benzene rings is 1. The maximum absolute atomic E-state index is 14.9. The van der Waals surface area contributed by atoms with Gasteiger partial charge in [-0.1, -0.05) is 6.58 Å². The van der Waals surface area contributed by atoms with Gasteiger partial charge in [-0.3, -0.25) is 4.79 Å². The summed E-state index contributed by atoms with van der Waals surface area (Å²) in [6.45, 7) is 5.88. The highest BCUT2D eigenvalue weighted by Crippen LogP contribution is 2.38. The molecule has 1 saturated heterocycles. The fourth-order valence-corrected chi connectivity index (χ4v) is 3.37. The number of nitrogens with one attached hydrogen (secondary N) is 1. The van der Waals surface area contributed by atoms with Crippen LogP contribution in [0, 0.1) is 11.6 Å². The van der Waals surface area contributed by atoms with Gasteiger partial charge in [0.15, 0.2) is 29.0 Å². The Hall–Kier alpha value is -4.10. The maximum atomic E-state index is 14.9. The summed E-state index contributed by atoms with van der Waals surface area (Å²) in [7, 11) is 4.11. The van der Waals surface area contributed by atoms with E-state index in [1.54, 1.807) is 7.11 Å². The van der Waals surface area contributed by atoms with E-state index >= 15 is 0 Å². The number of nitrogens with zero attached hydrogens (tertiary/aromatic N) is 3. The van der Waals surface area contributed by atoms with Gasteiger partial charge in [0.05, 0.1) is 32.1 Å². The van der Waals surface area contributed by atoms with Crippen LogP contribution in [0.1, 0.15) is 19.3 Å². The molecule has 39 heavy (non-hydrogen) atoms. The molecule has 1 aromatic carbocycles. The lowest BCUT2D eigenvalue weighted by molar-refractivity contribution is -0.113. The fourth-order valence-electron chi connectivity index (χ4n) is 3.37. The van der Waals surface area contributed by atoms with Gasteiger partial charge in [0.2, 0.25) is 11.9 Å². The number of nitrogens with two attached hydrogens (primary N) is 2. The van der Waals surface area contributed by atoms with Crippen molar-refractivity contribution in [2.75, 3.05) is 58.7 Å². The Morgan fingerprint density at radius 2 is 1.72 bits per heavy atom. The van der Waals surface area contributed by atoms with Gasteiger partial charge in [0.25, 0.3) is 0 Å². The Morgan fingerprint density at radius 3 is 2.18 bits per heavy atom. The van der Waals surface area contributed by atoms with Crippen LogP contribution in [0.5, 0.6) is 11.5 Å². The topological polar surface area (TPSA) is 157 Å². The summed E-state index contributed by atoms with van der Waals surface area (Å²) in [4.78, 5) is 21.9. The number of nitrogen functional groups attached to an aromatic ring is 1. The van der Waals surface area contributed by atoms with E-state index in [4.69, 9.17) is 24.7 Å². The SMILES string of the molecule is C1CCOCC1.C=CC(N)=O.COCCNc1nc(-c2c(F)c(OC)cc(OC)c2F)cc2cnc(N)nc12. The Balaban J connectivity index is 0.000000404. The number of methoxy groups -OCH3 is 3. The second kappa shape index (κ2) is 16.0. The minimum atomic E-state index is -0.896. The van der Waals surface area contributed by atoms with Crippen molar-refractivity contribution < 1.29 is 32.5 Å². The second-order valence-corrected chi connectivity index (χ2v) is 8.01. The molecule has 13 heteroatoms. The van der Waals surface area contributed by atoms with Gasteiger partial charge in [0, 0.05) is 44.5 Å². The van der Waals surface area contributed by atoms with Crippen LogP contribution in [0.3, 0.4) is 0 Å². The smallest absolute Gasteiger partial charge is 0.240 e. The lowest BCUT2D eigenvalue weighted by atomic mass is 10.1. The zero-order chi connectivity index (χ0) is 28.8. The molecule has 0 spiro atoms. The highest BCUT2D eigenvalue weighted by atomic mass is 19.1. The fraction of sp³-hybridized carbons (Fsp3) is 0.385. The minimum absolute atomic E-state index is 0.0213. The Labute approximate surface area is 225 Å². The Bertz CT molecular complexity index is 1220. The number of hydrogen-bond donors (Lipinski definition) is 3. The number of halogens is 2. The van der Waals surface area contributed by atoms with E-state index in [9.17, 15) is 13.6 Å². The molecular weight excluding hydrogens is 514 g/mol. The van der Waals surface area contributed by atoms with Gasteiger partial charge in [-0.25, -0.2) is 23.7 Å². The molecule has 1 fully saturated rings. The summed E-state index contributed by atoms with van der Waals surface area (Å²) < 4.78 is 49.8. The molecule has 0 saturated carbocycles. The number of anilines is 2. The lowest BCUT2D eigenvalue weighted by Gasteiger charge is -2.14. The summed E-state index contributed by atoms with van der Waals surface area (Å²) in [6.07, 6.45) is 6.44. The first-order valence-electron chi connectivity index (χ1n) is 12.0. The summed E-state index contributed by atoms with van der Waals surface area (Å²) >= 11 is 0. The maximum Gasteiger partial charge on any atom is 0.240 e. The number of carbonyl (C=O) groups is 1. The van der Waals surface area contributed by atoms with Crippen molar-refractivity contribution in [2.24, 2.45) is 5.73 Å². The molecule has 0 bridgehead atoms. The summed E-state index contributed by atoms with van der Waals surface area (Å²) in [5, 5.41) is 3.53. The number of fused-ring (bicyclic) bond motifs is 1. The van der Waals surface area contributed by atoms with Crippen molar-refractivity contribution in [1.29, 1.82) is 0 Å². The average molecular weight is 549 g/mol. The van der Waals surface area contributed by atoms with Crippen molar-refractivity contribution in [3.05, 3.63) is 42.6 Å². The van der Waals surface area contributed by atoms with Crippen LogP contribution in [0.25, 0.3) is 22.2 Å². The van der Waals surface area contributed by atoms with Gasteiger partial charge in [-0.15, -0.1) is 0 Å². The van der Waals surface area contributed by atoms with Gasteiger partial charge >= 0.3 is 0 Å². The molecule has 3 aromatic rings. The number of amides is 1.